The molecule has 6 nitrogen and oxygen atoms in total. The van der Waals surface area contributed by atoms with E-state index in [0.29, 0.717) is 35.5 Å². The van der Waals surface area contributed by atoms with Gasteiger partial charge < -0.3 is 14.7 Å². The molecule has 0 aliphatic carbocycles. The molecule has 2 aromatic carbocycles. The van der Waals surface area contributed by atoms with E-state index in [2.05, 4.69) is 15.5 Å². The first-order valence-corrected chi connectivity index (χ1v) is 9.68. The molecule has 144 valence electrons. The Hall–Kier alpha value is -2.86. The molecular formula is C21H21ClN4O2. The fourth-order valence-electron chi connectivity index (χ4n) is 3.32. The van der Waals surface area contributed by atoms with E-state index in [0.717, 1.165) is 18.4 Å². The summed E-state index contributed by atoms with van der Waals surface area (Å²) in [7, 11) is 0. The zero-order chi connectivity index (χ0) is 19.5. The maximum absolute atomic E-state index is 12.5. The Bertz CT molecular complexity index is 963. The summed E-state index contributed by atoms with van der Waals surface area (Å²) < 4.78 is 5.50. The third kappa shape index (κ3) is 4.17. The number of hydrogen-bond donors (Lipinski definition) is 1. The third-order valence-electron chi connectivity index (χ3n) is 4.96. The average molecular weight is 397 g/mol. The third-order valence-corrected chi connectivity index (χ3v) is 5.19. The van der Waals surface area contributed by atoms with E-state index in [1.54, 1.807) is 17.0 Å². The van der Waals surface area contributed by atoms with Gasteiger partial charge in [0.2, 0.25) is 11.7 Å². The van der Waals surface area contributed by atoms with E-state index in [4.69, 9.17) is 16.1 Å². The van der Waals surface area contributed by atoms with E-state index < -0.39 is 0 Å². The fraction of sp³-hybridized carbons (Fsp3) is 0.286. The monoisotopic (exact) mass is 396 g/mol. The number of likely N-dealkylation sites (tertiary alicyclic amines) is 1. The summed E-state index contributed by atoms with van der Waals surface area (Å²) in [5, 5.41) is 7.60. The molecular weight excluding hydrogens is 376 g/mol. The van der Waals surface area contributed by atoms with Crippen molar-refractivity contribution in [1.29, 1.82) is 0 Å². The van der Waals surface area contributed by atoms with Crippen molar-refractivity contribution in [3.63, 3.8) is 0 Å². The van der Waals surface area contributed by atoms with Crippen LogP contribution < -0.4 is 5.32 Å². The van der Waals surface area contributed by atoms with E-state index in [1.165, 1.54) is 5.56 Å². The van der Waals surface area contributed by atoms with E-state index in [9.17, 15) is 4.79 Å². The van der Waals surface area contributed by atoms with Crippen molar-refractivity contribution >= 4 is 23.3 Å². The lowest BCUT2D eigenvalue weighted by Gasteiger charge is -2.30. The molecule has 0 radical (unpaired) electrons. The van der Waals surface area contributed by atoms with Crippen molar-refractivity contribution < 1.29 is 9.32 Å². The Morgan fingerprint density at radius 3 is 2.64 bits per heavy atom. The molecule has 3 aromatic rings. The number of benzene rings is 2. The Morgan fingerprint density at radius 1 is 1.18 bits per heavy atom. The van der Waals surface area contributed by atoms with Gasteiger partial charge in [-0.1, -0.05) is 52.7 Å². The number of anilines is 1. The summed E-state index contributed by atoms with van der Waals surface area (Å²) in [6, 6.07) is 15.1. The van der Waals surface area contributed by atoms with Gasteiger partial charge in [0.1, 0.15) is 0 Å². The summed E-state index contributed by atoms with van der Waals surface area (Å²) >= 11 is 5.97. The van der Waals surface area contributed by atoms with E-state index >= 15 is 0 Å². The number of nitrogens with zero attached hydrogens (tertiary/aromatic N) is 3. The van der Waals surface area contributed by atoms with Crippen LogP contribution in [0.4, 0.5) is 10.5 Å². The van der Waals surface area contributed by atoms with Crippen molar-refractivity contribution in [2.45, 2.75) is 25.7 Å². The molecule has 0 unspecified atom stereocenters. The summed E-state index contributed by atoms with van der Waals surface area (Å²) in [5.41, 5.74) is 2.83. The zero-order valence-electron chi connectivity index (χ0n) is 15.6. The molecule has 1 aliphatic rings. The molecule has 28 heavy (non-hydrogen) atoms. The summed E-state index contributed by atoms with van der Waals surface area (Å²) in [5.74, 6) is 1.42. The van der Waals surface area contributed by atoms with Crippen LogP contribution in [0.3, 0.4) is 0 Å². The van der Waals surface area contributed by atoms with E-state index in [-0.39, 0.29) is 11.9 Å². The molecule has 0 spiro atoms. The number of hydrogen-bond acceptors (Lipinski definition) is 4. The Labute approximate surface area is 168 Å². The summed E-state index contributed by atoms with van der Waals surface area (Å²) in [6.45, 7) is 3.32. The minimum absolute atomic E-state index is 0.119. The number of rotatable bonds is 3. The lowest BCUT2D eigenvalue weighted by atomic mass is 9.97. The predicted molar refractivity (Wildman–Crippen MR) is 108 cm³/mol. The van der Waals surface area contributed by atoms with Crippen LogP contribution in [0.5, 0.6) is 0 Å². The van der Waals surface area contributed by atoms with Crippen molar-refractivity contribution in [3.05, 3.63) is 65.0 Å². The summed E-state index contributed by atoms with van der Waals surface area (Å²) in [4.78, 5) is 18.8. The summed E-state index contributed by atoms with van der Waals surface area (Å²) in [6.07, 6.45) is 1.58. The zero-order valence-corrected chi connectivity index (χ0v) is 16.3. The number of piperidine rings is 1. The highest BCUT2D eigenvalue weighted by atomic mass is 35.5. The molecule has 0 atom stereocenters. The van der Waals surface area contributed by atoms with Gasteiger partial charge in [-0.2, -0.15) is 4.98 Å². The highest BCUT2D eigenvalue weighted by Gasteiger charge is 2.27. The van der Waals surface area contributed by atoms with Crippen molar-refractivity contribution in [1.82, 2.24) is 15.0 Å². The second-order valence-electron chi connectivity index (χ2n) is 7.02. The normalized spacial score (nSPS) is 14.9. The van der Waals surface area contributed by atoms with Crippen LogP contribution in [0.2, 0.25) is 5.02 Å². The van der Waals surface area contributed by atoms with Crippen molar-refractivity contribution in [2.75, 3.05) is 18.4 Å². The van der Waals surface area contributed by atoms with Crippen molar-refractivity contribution in [2.24, 2.45) is 0 Å². The van der Waals surface area contributed by atoms with Gasteiger partial charge >= 0.3 is 6.03 Å². The molecule has 1 saturated heterocycles. The van der Waals surface area contributed by atoms with Crippen molar-refractivity contribution in [3.8, 4) is 11.4 Å². The number of aromatic nitrogens is 2. The van der Waals surface area contributed by atoms with E-state index in [1.807, 2.05) is 43.3 Å². The molecule has 1 aromatic heterocycles. The van der Waals surface area contributed by atoms with Gasteiger partial charge in [0.15, 0.2) is 0 Å². The molecule has 4 rings (SSSR count). The Kier molecular flexibility index (Phi) is 5.30. The predicted octanol–water partition coefficient (Wildman–Crippen LogP) is 5.11. The average Bonchev–Trinajstić information content (AvgIpc) is 3.19. The molecule has 2 amide bonds. The lowest BCUT2D eigenvalue weighted by Crippen LogP contribution is -2.40. The molecule has 0 bridgehead atoms. The number of urea groups is 1. The molecule has 1 fully saturated rings. The lowest BCUT2D eigenvalue weighted by molar-refractivity contribution is 0.187. The highest BCUT2D eigenvalue weighted by molar-refractivity contribution is 6.30. The van der Waals surface area contributed by atoms with Gasteiger partial charge in [0.25, 0.3) is 0 Å². The van der Waals surface area contributed by atoms with Gasteiger partial charge in [0.05, 0.1) is 0 Å². The van der Waals surface area contributed by atoms with Crippen LogP contribution in [0.1, 0.15) is 30.2 Å². The van der Waals surface area contributed by atoms with Gasteiger partial charge in [0, 0.05) is 35.3 Å². The number of nitrogens with one attached hydrogen (secondary N) is 1. The van der Waals surface area contributed by atoms with Gasteiger partial charge in [-0.3, -0.25) is 0 Å². The first-order chi connectivity index (χ1) is 13.6. The van der Waals surface area contributed by atoms with Gasteiger partial charge in [-0.25, -0.2) is 4.79 Å². The SMILES string of the molecule is Cc1ccc(-c2noc(C3CCN(C(=O)Nc4cccc(Cl)c4)CC3)n2)cc1. The molecule has 2 heterocycles. The van der Waals surface area contributed by atoms with Gasteiger partial charge in [-0.05, 0) is 38.0 Å². The highest BCUT2D eigenvalue weighted by Crippen LogP contribution is 2.29. The maximum atomic E-state index is 12.5. The number of aryl methyl sites for hydroxylation is 1. The first kappa shape index (κ1) is 18.5. The van der Waals surface area contributed by atoms with Crippen LogP contribution in [0.15, 0.2) is 53.1 Å². The standard InChI is InChI=1S/C21H21ClN4O2/c1-14-5-7-15(8-6-14)19-24-20(28-25-19)16-9-11-26(12-10-16)21(27)23-18-4-2-3-17(22)13-18/h2-8,13,16H,9-12H2,1H3,(H,23,27). The fourth-order valence-corrected chi connectivity index (χ4v) is 3.51. The smallest absolute Gasteiger partial charge is 0.321 e. The number of halogens is 1. The quantitative estimate of drug-likeness (QED) is 0.667. The van der Waals surface area contributed by atoms with Crippen LogP contribution in [-0.4, -0.2) is 34.2 Å². The second-order valence-corrected chi connectivity index (χ2v) is 7.46. The Morgan fingerprint density at radius 2 is 1.93 bits per heavy atom. The van der Waals surface area contributed by atoms with Gasteiger partial charge in [-0.15, -0.1) is 0 Å². The molecule has 7 heteroatoms. The van der Waals surface area contributed by atoms with Crippen LogP contribution >= 0.6 is 11.6 Å². The number of carbonyl (C=O) groups excluding carboxylic acids is 1. The molecule has 0 saturated carbocycles. The number of carbonyl (C=O) groups is 1. The second kappa shape index (κ2) is 8.02. The van der Waals surface area contributed by atoms with Crippen LogP contribution in [-0.2, 0) is 0 Å². The Balaban J connectivity index is 1.35. The first-order valence-electron chi connectivity index (χ1n) is 9.30. The van der Waals surface area contributed by atoms with Crippen LogP contribution in [0, 0.1) is 6.92 Å². The minimum atomic E-state index is -0.119. The molecule has 1 N–H and O–H groups in total. The minimum Gasteiger partial charge on any atom is -0.339 e. The van der Waals surface area contributed by atoms with Crippen LogP contribution in [0.25, 0.3) is 11.4 Å². The maximum Gasteiger partial charge on any atom is 0.321 e. The largest absolute Gasteiger partial charge is 0.339 e. The topological polar surface area (TPSA) is 71.3 Å². The molecule has 1 aliphatic heterocycles. The number of amides is 2.